The van der Waals surface area contributed by atoms with Crippen molar-refractivity contribution in [2.45, 2.75) is 37.7 Å². The number of nitrogens with zero attached hydrogens (tertiary/aromatic N) is 2. The van der Waals surface area contributed by atoms with Gasteiger partial charge in [-0.25, -0.2) is 9.78 Å². The molecule has 1 atom stereocenters. The van der Waals surface area contributed by atoms with Crippen molar-refractivity contribution in [1.82, 2.24) is 14.9 Å². The lowest BCUT2D eigenvalue weighted by atomic mass is 10.1. The molecule has 0 aliphatic heterocycles. The lowest BCUT2D eigenvalue weighted by Gasteiger charge is -2.20. The molecule has 2 rings (SSSR count). The maximum Gasteiger partial charge on any atom is 0.318 e. The molecule has 2 heterocycles. The topological polar surface area (TPSA) is 107 Å². The predicted molar refractivity (Wildman–Crippen MR) is 91.8 cm³/mol. The number of amides is 3. The Balaban J connectivity index is 2.43. The minimum absolute atomic E-state index is 0.0697. The van der Waals surface area contributed by atoms with Gasteiger partial charge in [0.1, 0.15) is 4.70 Å². The molecule has 1 unspecified atom stereocenters. The highest BCUT2D eigenvalue weighted by molar-refractivity contribution is 8.00. The molecule has 0 saturated heterocycles. The maximum atomic E-state index is 12.5. The van der Waals surface area contributed by atoms with Crippen molar-refractivity contribution >= 4 is 45.3 Å². The van der Waals surface area contributed by atoms with Crippen LogP contribution >= 0.6 is 23.1 Å². The number of imide groups is 1. The largest absolute Gasteiger partial charge is 0.351 e. The third kappa shape index (κ3) is 3.73. The van der Waals surface area contributed by atoms with E-state index < -0.39 is 17.2 Å². The van der Waals surface area contributed by atoms with Crippen LogP contribution in [0.25, 0.3) is 10.2 Å². The van der Waals surface area contributed by atoms with Crippen LogP contribution < -0.4 is 16.6 Å². The molecule has 0 bridgehead atoms. The van der Waals surface area contributed by atoms with E-state index in [1.807, 2.05) is 26.2 Å². The van der Waals surface area contributed by atoms with Crippen molar-refractivity contribution in [3.8, 4) is 0 Å². The van der Waals surface area contributed by atoms with Gasteiger partial charge in [0.2, 0.25) is 5.91 Å². The second-order valence-corrected chi connectivity index (χ2v) is 7.24. The number of urea groups is 1. The molecule has 2 aromatic rings. The molecule has 124 valence electrons. The standard InChI is InChI=1S/C14H18N4O3S2/c1-4-18-12(20)10-8(5-6-22-10)16-14(18)23-9(7(2)3)11(19)17-13(15)21/h5-7,9H,4H2,1-3H3,(H3,15,17,19,21). The number of thioether (sulfide) groups is 1. The molecule has 0 spiro atoms. The van der Waals surface area contributed by atoms with Crippen LogP contribution in [-0.4, -0.2) is 26.7 Å². The van der Waals surface area contributed by atoms with Crippen molar-refractivity contribution in [3.63, 3.8) is 0 Å². The van der Waals surface area contributed by atoms with E-state index in [0.717, 1.165) is 0 Å². The molecular formula is C14H18N4O3S2. The number of carbonyl (C=O) groups excluding carboxylic acids is 2. The lowest BCUT2D eigenvalue weighted by Crippen LogP contribution is -2.42. The second kappa shape index (κ2) is 7.14. The van der Waals surface area contributed by atoms with Gasteiger partial charge in [-0.05, 0) is 24.3 Å². The molecule has 9 heteroatoms. The Morgan fingerprint density at radius 2 is 2.17 bits per heavy atom. The van der Waals surface area contributed by atoms with E-state index in [1.165, 1.54) is 27.7 Å². The van der Waals surface area contributed by atoms with E-state index in [-0.39, 0.29) is 11.5 Å². The first-order valence-corrected chi connectivity index (χ1v) is 8.86. The predicted octanol–water partition coefficient (Wildman–Crippen LogP) is 1.79. The highest BCUT2D eigenvalue weighted by Gasteiger charge is 2.27. The molecule has 2 aromatic heterocycles. The molecule has 0 saturated carbocycles. The van der Waals surface area contributed by atoms with Crippen LogP contribution in [0.5, 0.6) is 0 Å². The zero-order valence-corrected chi connectivity index (χ0v) is 14.7. The van der Waals surface area contributed by atoms with Gasteiger partial charge in [0.15, 0.2) is 5.16 Å². The van der Waals surface area contributed by atoms with E-state index in [1.54, 1.807) is 6.07 Å². The van der Waals surface area contributed by atoms with Crippen molar-refractivity contribution in [1.29, 1.82) is 0 Å². The Hall–Kier alpha value is -1.87. The van der Waals surface area contributed by atoms with Crippen LogP contribution in [0.15, 0.2) is 21.4 Å². The number of hydrogen-bond donors (Lipinski definition) is 2. The molecule has 0 fully saturated rings. The Labute approximate surface area is 141 Å². The van der Waals surface area contributed by atoms with Crippen LogP contribution in [0.4, 0.5) is 4.79 Å². The second-order valence-electron chi connectivity index (χ2n) is 5.21. The van der Waals surface area contributed by atoms with Gasteiger partial charge in [-0.15, -0.1) is 11.3 Å². The highest BCUT2D eigenvalue weighted by atomic mass is 32.2. The smallest absolute Gasteiger partial charge is 0.318 e. The van der Waals surface area contributed by atoms with E-state index in [4.69, 9.17) is 5.73 Å². The number of nitrogens with two attached hydrogens (primary N) is 1. The summed E-state index contributed by atoms with van der Waals surface area (Å²) >= 11 is 2.51. The number of primary amides is 1. The summed E-state index contributed by atoms with van der Waals surface area (Å²) in [6, 6.07) is 0.884. The summed E-state index contributed by atoms with van der Waals surface area (Å²) in [6.45, 7) is 6.01. The quantitative estimate of drug-likeness (QED) is 0.629. The highest BCUT2D eigenvalue weighted by Crippen LogP contribution is 2.28. The molecule has 7 nitrogen and oxygen atoms in total. The van der Waals surface area contributed by atoms with E-state index >= 15 is 0 Å². The molecule has 3 N–H and O–H groups in total. The fourth-order valence-corrected chi connectivity index (χ4v) is 4.02. The van der Waals surface area contributed by atoms with E-state index in [9.17, 15) is 14.4 Å². The third-order valence-electron chi connectivity index (χ3n) is 3.19. The van der Waals surface area contributed by atoms with Gasteiger partial charge in [0.25, 0.3) is 5.56 Å². The number of carbonyl (C=O) groups is 2. The summed E-state index contributed by atoms with van der Waals surface area (Å²) < 4.78 is 2.13. The normalized spacial score (nSPS) is 12.5. The van der Waals surface area contributed by atoms with Gasteiger partial charge in [-0.2, -0.15) is 0 Å². The molecule has 0 radical (unpaired) electrons. The summed E-state index contributed by atoms with van der Waals surface area (Å²) in [7, 11) is 0. The van der Waals surface area contributed by atoms with Crippen molar-refractivity contribution < 1.29 is 9.59 Å². The van der Waals surface area contributed by atoms with Crippen LogP contribution in [0, 0.1) is 5.92 Å². The number of fused-ring (bicyclic) bond motifs is 1. The molecule has 0 aliphatic rings. The number of nitrogens with one attached hydrogen (secondary N) is 1. The maximum absolute atomic E-state index is 12.5. The summed E-state index contributed by atoms with van der Waals surface area (Å²) in [5.41, 5.74) is 5.51. The molecule has 0 aliphatic carbocycles. The number of thiophene rings is 1. The fraction of sp³-hybridized carbons (Fsp3) is 0.429. The van der Waals surface area contributed by atoms with Crippen molar-refractivity contribution in [3.05, 3.63) is 21.8 Å². The van der Waals surface area contributed by atoms with E-state index in [2.05, 4.69) is 10.3 Å². The van der Waals surface area contributed by atoms with Crippen LogP contribution in [-0.2, 0) is 11.3 Å². The zero-order chi connectivity index (χ0) is 17.1. The van der Waals surface area contributed by atoms with Crippen LogP contribution in [0.1, 0.15) is 20.8 Å². The third-order valence-corrected chi connectivity index (χ3v) is 5.62. The van der Waals surface area contributed by atoms with E-state index in [0.29, 0.717) is 21.9 Å². The van der Waals surface area contributed by atoms with Gasteiger partial charge >= 0.3 is 6.03 Å². The number of rotatable bonds is 5. The van der Waals surface area contributed by atoms with Gasteiger partial charge in [0, 0.05) is 6.54 Å². The summed E-state index contributed by atoms with van der Waals surface area (Å²) in [5, 5.41) is 3.79. The summed E-state index contributed by atoms with van der Waals surface area (Å²) in [5.74, 6) is -0.556. The van der Waals surface area contributed by atoms with Crippen LogP contribution in [0.3, 0.4) is 0 Å². The average Bonchev–Trinajstić information content (AvgIpc) is 2.92. The monoisotopic (exact) mass is 354 g/mol. The molecule has 3 amide bonds. The molecule has 23 heavy (non-hydrogen) atoms. The Bertz CT molecular complexity index is 797. The number of aromatic nitrogens is 2. The van der Waals surface area contributed by atoms with Gasteiger partial charge in [-0.3, -0.25) is 19.5 Å². The SMILES string of the molecule is CCn1c(SC(C(=O)NC(N)=O)C(C)C)nc2ccsc2c1=O. The first-order chi connectivity index (χ1) is 10.8. The van der Waals surface area contributed by atoms with Crippen LogP contribution in [0.2, 0.25) is 0 Å². The molecule has 0 aromatic carbocycles. The first-order valence-electron chi connectivity index (χ1n) is 7.10. The van der Waals surface area contributed by atoms with Gasteiger partial charge < -0.3 is 5.73 Å². The average molecular weight is 354 g/mol. The lowest BCUT2D eigenvalue weighted by molar-refractivity contribution is -0.120. The van der Waals surface area contributed by atoms with Crippen molar-refractivity contribution in [2.75, 3.05) is 0 Å². The first kappa shape index (κ1) is 17.5. The minimum Gasteiger partial charge on any atom is -0.351 e. The Morgan fingerprint density at radius 3 is 2.74 bits per heavy atom. The van der Waals surface area contributed by atoms with Crippen molar-refractivity contribution in [2.24, 2.45) is 11.7 Å². The summed E-state index contributed by atoms with van der Waals surface area (Å²) in [4.78, 5) is 40.0. The Kier molecular flexibility index (Phi) is 5.42. The number of hydrogen-bond acceptors (Lipinski definition) is 6. The van der Waals surface area contributed by atoms with Gasteiger partial charge in [0.05, 0.1) is 10.8 Å². The summed E-state index contributed by atoms with van der Waals surface area (Å²) in [6.07, 6.45) is 0. The minimum atomic E-state index is -0.893. The Morgan fingerprint density at radius 1 is 1.48 bits per heavy atom. The zero-order valence-electron chi connectivity index (χ0n) is 13.0. The van der Waals surface area contributed by atoms with Gasteiger partial charge in [-0.1, -0.05) is 25.6 Å². The fourth-order valence-electron chi connectivity index (χ4n) is 2.09. The molecular weight excluding hydrogens is 336 g/mol.